The van der Waals surface area contributed by atoms with Crippen molar-refractivity contribution in [3.63, 3.8) is 0 Å². The number of thiophene rings is 1. The van der Waals surface area contributed by atoms with E-state index in [0.717, 1.165) is 5.56 Å². The fraction of sp³-hybridized carbons (Fsp3) is 0.294. The van der Waals surface area contributed by atoms with Gasteiger partial charge >= 0.3 is 0 Å². The summed E-state index contributed by atoms with van der Waals surface area (Å²) in [5.74, 6) is -0.156. The maximum Gasteiger partial charge on any atom is 0.263 e. The zero-order valence-corrected chi connectivity index (χ0v) is 15.3. The van der Waals surface area contributed by atoms with E-state index in [1.54, 1.807) is 24.9 Å². The highest BCUT2D eigenvalue weighted by atomic mass is 35.5. The molecule has 3 N–H and O–H groups in total. The minimum absolute atomic E-state index is 0. The molecular weight excluding hydrogens is 346 g/mol. The smallest absolute Gasteiger partial charge is 0.263 e. The van der Waals surface area contributed by atoms with Crippen molar-refractivity contribution in [3.05, 3.63) is 52.2 Å². The molecule has 1 aromatic heterocycles. The van der Waals surface area contributed by atoms with Gasteiger partial charge in [-0.1, -0.05) is 24.3 Å². The van der Waals surface area contributed by atoms with Crippen LogP contribution in [0.2, 0.25) is 0 Å². The summed E-state index contributed by atoms with van der Waals surface area (Å²) >= 11 is 1.42. The number of hydrogen-bond acceptors (Lipinski definition) is 4. The zero-order valence-electron chi connectivity index (χ0n) is 13.7. The summed E-state index contributed by atoms with van der Waals surface area (Å²) in [5, 5.41) is 4.74. The van der Waals surface area contributed by atoms with E-state index in [1.807, 2.05) is 35.7 Å². The molecule has 2 aromatic rings. The van der Waals surface area contributed by atoms with Gasteiger partial charge in [-0.15, -0.1) is 23.7 Å². The molecule has 0 aliphatic rings. The van der Waals surface area contributed by atoms with Gasteiger partial charge in [-0.2, -0.15) is 0 Å². The van der Waals surface area contributed by atoms with E-state index in [9.17, 15) is 9.59 Å². The molecule has 24 heavy (non-hydrogen) atoms. The van der Waals surface area contributed by atoms with Crippen LogP contribution in [0.1, 0.15) is 28.6 Å². The third-order valence-corrected chi connectivity index (χ3v) is 4.14. The number of benzene rings is 1. The monoisotopic (exact) mass is 367 g/mol. The van der Waals surface area contributed by atoms with Crippen molar-refractivity contribution in [2.24, 2.45) is 5.73 Å². The number of anilines is 1. The van der Waals surface area contributed by atoms with Crippen molar-refractivity contribution in [2.75, 3.05) is 12.4 Å². The molecule has 1 aromatic carbocycles. The molecule has 2 amide bonds. The Morgan fingerprint density at radius 3 is 2.58 bits per heavy atom. The van der Waals surface area contributed by atoms with Gasteiger partial charge < -0.3 is 16.0 Å². The molecule has 2 rings (SSSR count). The number of para-hydroxylation sites is 1. The molecule has 0 radical (unpaired) electrons. The number of nitrogens with two attached hydrogens (primary N) is 1. The SMILES string of the molecule is CC(N)CC(=O)Nc1ccccc1CN(C)C(=O)c1cccs1.Cl. The average Bonchev–Trinajstić information content (AvgIpc) is 3.01. The van der Waals surface area contributed by atoms with Crippen LogP contribution in [0.5, 0.6) is 0 Å². The molecule has 1 unspecified atom stereocenters. The molecule has 0 aliphatic heterocycles. The van der Waals surface area contributed by atoms with E-state index in [4.69, 9.17) is 5.73 Å². The summed E-state index contributed by atoms with van der Waals surface area (Å²) in [4.78, 5) is 26.6. The summed E-state index contributed by atoms with van der Waals surface area (Å²) in [6.45, 7) is 2.21. The lowest BCUT2D eigenvalue weighted by atomic mass is 10.1. The molecule has 7 heteroatoms. The molecule has 5 nitrogen and oxygen atoms in total. The van der Waals surface area contributed by atoms with Crippen molar-refractivity contribution in [2.45, 2.75) is 25.9 Å². The summed E-state index contributed by atoms with van der Waals surface area (Å²) in [7, 11) is 1.75. The molecule has 0 aliphatic carbocycles. The zero-order chi connectivity index (χ0) is 16.8. The number of halogens is 1. The minimum atomic E-state index is -0.190. The quantitative estimate of drug-likeness (QED) is 0.823. The Morgan fingerprint density at radius 1 is 1.25 bits per heavy atom. The Morgan fingerprint density at radius 2 is 1.96 bits per heavy atom. The van der Waals surface area contributed by atoms with Crippen LogP contribution in [0.25, 0.3) is 0 Å². The fourth-order valence-corrected chi connectivity index (χ4v) is 2.91. The first-order valence-corrected chi connectivity index (χ1v) is 8.27. The summed E-state index contributed by atoms with van der Waals surface area (Å²) < 4.78 is 0. The number of carbonyl (C=O) groups excluding carboxylic acids is 2. The predicted octanol–water partition coefficient (Wildman–Crippen LogP) is 3.12. The lowest BCUT2D eigenvalue weighted by Gasteiger charge is -2.19. The number of rotatable bonds is 6. The minimum Gasteiger partial charge on any atom is -0.337 e. The van der Waals surface area contributed by atoms with Gasteiger partial charge in [0.1, 0.15) is 0 Å². The number of nitrogens with zero attached hydrogens (tertiary/aromatic N) is 1. The van der Waals surface area contributed by atoms with E-state index in [1.165, 1.54) is 11.3 Å². The van der Waals surface area contributed by atoms with E-state index >= 15 is 0 Å². The number of carbonyl (C=O) groups is 2. The summed E-state index contributed by atoms with van der Waals surface area (Å²) in [6, 6.07) is 10.9. The van der Waals surface area contributed by atoms with Crippen LogP contribution in [-0.2, 0) is 11.3 Å². The first-order chi connectivity index (χ1) is 11.0. The van der Waals surface area contributed by atoms with Gasteiger partial charge in [-0.25, -0.2) is 0 Å². The molecule has 0 spiro atoms. The van der Waals surface area contributed by atoms with Crippen LogP contribution in [0.15, 0.2) is 41.8 Å². The largest absolute Gasteiger partial charge is 0.337 e. The van der Waals surface area contributed by atoms with Gasteiger partial charge in [0.2, 0.25) is 5.91 Å². The Bertz CT molecular complexity index is 674. The van der Waals surface area contributed by atoms with Crippen LogP contribution in [0, 0.1) is 0 Å². The van der Waals surface area contributed by atoms with Gasteiger partial charge in [-0.3, -0.25) is 9.59 Å². The number of amides is 2. The third kappa shape index (κ3) is 5.63. The lowest BCUT2D eigenvalue weighted by Crippen LogP contribution is -2.27. The van der Waals surface area contributed by atoms with E-state index in [-0.39, 0.29) is 36.7 Å². The summed E-state index contributed by atoms with van der Waals surface area (Å²) in [5.41, 5.74) is 7.25. The second-order valence-electron chi connectivity index (χ2n) is 5.53. The van der Waals surface area contributed by atoms with Crippen LogP contribution in [0.4, 0.5) is 5.69 Å². The standard InChI is InChI=1S/C17H21N3O2S.ClH/c1-12(18)10-16(21)19-14-7-4-3-6-13(14)11-20(2)17(22)15-8-5-9-23-15;/h3-9,12H,10-11,18H2,1-2H3,(H,19,21);1H. The highest BCUT2D eigenvalue weighted by molar-refractivity contribution is 7.12. The van der Waals surface area contributed by atoms with E-state index in [0.29, 0.717) is 17.1 Å². The van der Waals surface area contributed by atoms with Crippen molar-refractivity contribution >= 4 is 41.2 Å². The van der Waals surface area contributed by atoms with Gasteiger partial charge in [0.25, 0.3) is 5.91 Å². The molecular formula is C17H22ClN3O2S. The van der Waals surface area contributed by atoms with Gasteiger partial charge in [0.15, 0.2) is 0 Å². The van der Waals surface area contributed by atoms with Gasteiger partial charge in [0, 0.05) is 31.7 Å². The first kappa shape index (κ1) is 20.2. The van der Waals surface area contributed by atoms with Crippen LogP contribution in [-0.4, -0.2) is 29.8 Å². The van der Waals surface area contributed by atoms with Crippen molar-refractivity contribution in [1.29, 1.82) is 0 Å². The highest BCUT2D eigenvalue weighted by Gasteiger charge is 2.15. The fourth-order valence-electron chi connectivity index (χ4n) is 2.19. The maximum atomic E-state index is 12.3. The third-order valence-electron chi connectivity index (χ3n) is 3.28. The molecule has 130 valence electrons. The van der Waals surface area contributed by atoms with Crippen LogP contribution >= 0.6 is 23.7 Å². The molecule has 0 saturated heterocycles. The molecule has 0 bridgehead atoms. The Labute approximate surface area is 152 Å². The van der Waals surface area contributed by atoms with Gasteiger partial charge in [-0.05, 0) is 30.0 Å². The Hall–Kier alpha value is -1.89. The van der Waals surface area contributed by atoms with Crippen molar-refractivity contribution in [3.8, 4) is 0 Å². The predicted molar refractivity (Wildman–Crippen MR) is 101 cm³/mol. The number of hydrogen-bond donors (Lipinski definition) is 2. The molecule has 1 heterocycles. The second kappa shape index (κ2) is 9.42. The van der Waals surface area contributed by atoms with Crippen LogP contribution in [0.3, 0.4) is 0 Å². The molecule has 0 fully saturated rings. The van der Waals surface area contributed by atoms with Gasteiger partial charge in [0.05, 0.1) is 4.88 Å². The van der Waals surface area contributed by atoms with Crippen molar-refractivity contribution < 1.29 is 9.59 Å². The lowest BCUT2D eigenvalue weighted by molar-refractivity contribution is -0.116. The Kier molecular flexibility index (Phi) is 7.91. The van der Waals surface area contributed by atoms with E-state index < -0.39 is 0 Å². The van der Waals surface area contributed by atoms with E-state index in [2.05, 4.69) is 5.32 Å². The average molecular weight is 368 g/mol. The second-order valence-corrected chi connectivity index (χ2v) is 6.47. The number of nitrogens with one attached hydrogen (secondary N) is 1. The molecule has 1 atom stereocenters. The first-order valence-electron chi connectivity index (χ1n) is 7.39. The maximum absolute atomic E-state index is 12.3. The highest BCUT2D eigenvalue weighted by Crippen LogP contribution is 2.19. The van der Waals surface area contributed by atoms with Crippen molar-refractivity contribution in [1.82, 2.24) is 4.90 Å². The molecule has 0 saturated carbocycles. The topological polar surface area (TPSA) is 75.4 Å². The van der Waals surface area contributed by atoms with Crippen LogP contribution < -0.4 is 11.1 Å². The summed E-state index contributed by atoms with van der Waals surface area (Å²) in [6.07, 6.45) is 0.262. The normalized spacial score (nSPS) is 11.3. The Balaban J connectivity index is 0.00000288.